The number of nitrogens with one attached hydrogen (secondary N) is 1. The number of amides is 1. The summed E-state index contributed by atoms with van der Waals surface area (Å²) in [5, 5.41) is 1.81. The van der Waals surface area contributed by atoms with Gasteiger partial charge in [-0.05, 0) is 35.2 Å². The lowest BCUT2D eigenvalue weighted by Gasteiger charge is -2.50. The smallest absolute Gasteiger partial charge is 0.348 e. The molecular weight excluding hydrogens is 567 g/mol. The van der Waals surface area contributed by atoms with Gasteiger partial charge in [0, 0.05) is 25.4 Å². The topological polar surface area (TPSA) is 118 Å². The first-order valence-electron chi connectivity index (χ1n) is 14.2. The molecule has 2 rings (SSSR count). The molecule has 0 saturated carbocycles. The number of carbonyl (C=O) groups excluding carboxylic acids is 2. The van der Waals surface area contributed by atoms with Gasteiger partial charge >= 0.3 is 28.8 Å². The second-order valence-electron chi connectivity index (χ2n) is 11.6. The Morgan fingerprint density at radius 2 is 1.55 bits per heavy atom. The van der Waals surface area contributed by atoms with Gasteiger partial charge in [-0.2, -0.15) is 4.98 Å². The van der Waals surface area contributed by atoms with Gasteiger partial charge in [-0.3, -0.25) is 14.2 Å². The van der Waals surface area contributed by atoms with Crippen LogP contribution in [0.5, 0.6) is 0 Å². The summed E-state index contributed by atoms with van der Waals surface area (Å²) in [6.45, 7) is 19.9. The molecule has 1 amide bonds. The number of thioether (sulfide) groups is 1. The highest BCUT2D eigenvalue weighted by molar-refractivity contribution is 8.00. The molecule has 1 aliphatic heterocycles. The molecule has 0 aliphatic carbocycles. The van der Waals surface area contributed by atoms with Gasteiger partial charge in [0.1, 0.15) is 12.0 Å². The van der Waals surface area contributed by atoms with E-state index in [0.717, 1.165) is 0 Å². The van der Waals surface area contributed by atoms with Crippen molar-refractivity contribution in [2.45, 2.75) is 108 Å². The Hall–Kier alpha value is -1.52. The molecule has 0 radical (unpaired) electrons. The number of nitrogens with zero attached hydrogens (tertiary/aromatic N) is 2. The average molecular weight is 616 g/mol. The number of hydrogen-bond acceptors (Lipinski definition) is 9. The van der Waals surface area contributed by atoms with Crippen molar-refractivity contribution in [3.05, 3.63) is 28.4 Å². The number of rotatable bonds is 12. The molecule has 1 N–H and O–H groups in total. The van der Waals surface area contributed by atoms with Crippen LogP contribution in [0.4, 0.5) is 0 Å². The minimum atomic E-state index is -2.71. The largest absolute Gasteiger partial charge is 0.463 e. The molecule has 1 aliphatic rings. The van der Waals surface area contributed by atoms with Crippen LogP contribution in [0.15, 0.2) is 17.1 Å². The Bertz CT molecular complexity index is 1010. The molecule has 0 aromatic carbocycles. The van der Waals surface area contributed by atoms with E-state index in [1.54, 1.807) is 19.2 Å². The standard InChI is InChI=1S/C27H49N3O7SSi2/c1-18(2)39(19(3)4)35-15-23(16-36-40(37-39,20(5)6)21(7)8)38-25(30-14-13-22(9)29-27(30)33)17-34-26(32)12-11-24(31)28-10/h13-14,18-21,23,25H,11-12,15-17H2,1-10H3,(H,28,31). The summed E-state index contributed by atoms with van der Waals surface area (Å²) in [4.78, 5) is 41.0. The molecule has 13 heteroatoms. The Kier molecular flexibility index (Phi) is 13.1. The van der Waals surface area contributed by atoms with Gasteiger partial charge in [-0.15, -0.1) is 11.8 Å². The fourth-order valence-corrected chi connectivity index (χ4v) is 17.6. The van der Waals surface area contributed by atoms with Crippen LogP contribution in [0.25, 0.3) is 0 Å². The summed E-state index contributed by atoms with van der Waals surface area (Å²) in [7, 11) is -3.91. The van der Waals surface area contributed by atoms with Crippen LogP contribution < -0.4 is 11.0 Å². The van der Waals surface area contributed by atoms with Crippen LogP contribution in [0.2, 0.25) is 22.2 Å². The molecule has 1 saturated heterocycles. The van der Waals surface area contributed by atoms with E-state index >= 15 is 0 Å². The van der Waals surface area contributed by atoms with Gasteiger partial charge in [-0.25, -0.2) is 4.79 Å². The van der Waals surface area contributed by atoms with Gasteiger partial charge in [0.05, 0.1) is 24.9 Å². The molecule has 1 unspecified atom stereocenters. The first-order valence-corrected chi connectivity index (χ1v) is 19.1. The van der Waals surface area contributed by atoms with E-state index in [4.69, 9.17) is 17.7 Å². The van der Waals surface area contributed by atoms with E-state index < -0.39 is 34.2 Å². The second-order valence-corrected chi connectivity index (χ2v) is 22.0. The quantitative estimate of drug-likeness (QED) is 0.261. The van der Waals surface area contributed by atoms with Gasteiger partial charge in [0.2, 0.25) is 5.91 Å². The zero-order valence-corrected chi connectivity index (χ0v) is 28.6. The third kappa shape index (κ3) is 8.51. The number of aryl methyl sites for hydroxylation is 1. The number of hydrogen-bond donors (Lipinski definition) is 1. The molecule has 228 valence electrons. The predicted molar refractivity (Wildman–Crippen MR) is 163 cm³/mol. The average Bonchev–Trinajstić information content (AvgIpc) is 2.86. The van der Waals surface area contributed by atoms with Crippen molar-refractivity contribution in [2.75, 3.05) is 26.9 Å². The van der Waals surface area contributed by atoms with Crippen LogP contribution in [0.1, 0.15) is 79.3 Å². The number of esters is 1. The Morgan fingerprint density at radius 1 is 1.02 bits per heavy atom. The lowest BCUT2D eigenvalue weighted by molar-refractivity contribution is -0.145. The van der Waals surface area contributed by atoms with Crippen molar-refractivity contribution in [1.29, 1.82) is 0 Å². The van der Waals surface area contributed by atoms with E-state index in [1.807, 2.05) is 0 Å². The molecule has 40 heavy (non-hydrogen) atoms. The maximum Gasteiger partial charge on any atom is 0.348 e. The third-order valence-corrected chi connectivity index (χ3v) is 18.9. The third-order valence-electron chi connectivity index (χ3n) is 7.38. The van der Waals surface area contributed by atoms with E-state index in [-0.39, 0.29) is 52.8 Å². The Labute approximate surface area is 245 Å². The summed E-state index contributed by atoms with van der Waals surface area (Å²) in [6.07, 6.45) is 1.67. The van der Waals surface area contributed by atoms with Crippen LogP contribution in [-0.4, -0.2) is 70.7 Å². The predicted octanol–water partition coefficient (Wildman–Crippen LogP) is 4.81. The van der Waals surface area contributed by atoms with Crippen molar-refractivity contribution in [3.8, 4) is 0 Å². The van der Waals surface area contributed by atoms with E-state index in [1.165, 1.54) is 23.4 Å². The normalized spacial score (nSPS) is 18.6. The van der Waals surface area contributed by atoms with Crippen molar-refractivity contribution in [1.82, 2.24) is 14.9 Å². The summed E-state index contributed by atoms with van der Waals surface area (Å²) >= 11 is 1.49. The lowest BCUT2D eigenvalue weighted by Crippen LogP contribution is -2.63. The number of aromatic nitrogens is 2. The van der Waals surface area contributed by atoms with Gasteiger partial charge in [0.25, 0.3) is 0 Å². The molecule has 2 heterocycles. The zero-order valence-electron chi connectivity index (χ0n) is 25.8. The summed E-state index contributed by atoms with van der Waals surface area (Å²) in [6, 6.07) is 1.76. The first-order chi connectivity index (χ1) is 18.7. The van der Waals surface area contributed by atoms with Crippen molar-refractivity contribution in [2.24, 2.45) is 0 Å². The molecule has 0 bridgehead atoms. The molecule has 1 aromatic heterocycles. The highest BCUT2D eigenvalue weighted by atomic mass is 32.2. The van der Waals surface area contributed by atoms with Gasteiger partial charge < -0.3 is 23.0 Å². The fraction of sp³-hybridized carbons (Fsp3) is 0.778. The highest BCUT2D eigenvalue weighted by Gasteiger charge is 2.57. The molecule has 1 fully saturated rings. The van der Waals surface area contributed by atoms with Crippen LogP contribution in [-0.2, 0) is 27.3 Å². The SMILES string of the molecule is CNC(=O)CCC(=O)OCC(SC1CO[Si](C(C)C)(C(C)C)O[Si](C(C)C)(C(C)C)OC1)n1ccc(C)nc1=O. The monoisotopic (exact) mass is 615 g/mol. The minimum Gasteiger partial charge on any atom is -0.463 e. The van der Waals surface area contributed by atoms with Crippen molar-refractivity contribution >= 4 is 40.8 Å². The second kappa shape index (κ2) is 15.1. The zero-order chi connectivity index (χ0) is 30.3. The molecule has 0 spiro atoms. The van der Waals surface area contributed by atoms with Crippen LogP contribution >= 0.6 is 11.8 Å². The van der Waals surface area contributed by atoms with Crippen molar-refractivity contribution < 1.29 is 27.3 Å². The Balaban J connectivity index is 2.40. The van der Waals surface area contributed by atoms with E-state index in [9.17, 15) is 14.4 Å². The molecule has 10 nitrogen and oxygen atoms in total. The van der Waals surface area contributed by atoms with Crippen LogP contribution in [0, 0.1) is 6.92 Å². The van der Waals surface area contributed by atoms with Crippen LogP contribution in [0.3, 0.4) is 0 Å². The summed E-state index contributed by atoms with van der Waals surface area (Å²) in [5.74, 6) is -0.739. The number of carbonyl (C=O) groups is 2. The summed E-state index contributed by atoms with van der Waals surface area (Å²) < 4.78 is 27.9. The lowest BCUT2D eigenvalue weighted by atomic mass is 10.3. The highest BCUT2D eigenvalue weighted by Crippen LogP contribution is 2.46. The Morgan fingerprint density at radius 3 is 2.00 bits per heavy atom. The van der Waals surface area contributed by atoms with Gasteiger partial charge in [-0.1, -0.05) is 55.4 Å². The molecule has 1 atom stereocenters. The van der Waals surface area contributed by atoms with Crippen molar-refractivity contribution in [3.63, 3.8) is 0 Å². The fourth-order valence-electron chi connectivity index (χ4n) is 5.05. The maximum absolute atomic E-state index is 12.9. The minimum absolute atomic E-state index is 0.0394. The molecule has 1 aromatic rings. The van der Waals surface area contributed by atoms with E-state index in [0.29, 0.717) is 18.9 Å². The maximum atomic E-state index is 12.9. The number of ether oxygens (including phenoxy) is 1. The van der Waals surface area contributed by atoms with Gasteiger partial charge in [0.15, 0.2) is 0 Å². The summed E-state index contributed by atoms with van der Waals surface area (Å²) in [5.41, 5.74) is 1.04. The molecular formula is C27H49N3O7SSi2. The first kappa shape index (κ1) is 34.7. The van der Waals surface area contributed by atoms with E-state index in [2.05, 4.69) is 65.7 Å².